The van der Waals surface area contributed by atoms with Crippen LogP contribution in [0.4, 0.5) is 5.82 Å². The topological polar surface area (TPSA) is 67.3 Å². The summed E-state index contributed by atoms with van der Waals surface area (Å²) >= 11 is 0. The summed E-state index contributed by atoms with van der Waals surface area (Å²) in [7, 11) is 0. The van der Waals surface area contributed by atoms with Crippen LogP contribution in [0.2, 0.25) is 0 Å². The Morgan fingerprint density at radius 1 is 1.23 bits per heavy atom. The third-order valence-electron chi connectivity index (χ3n) is 4.70. The molecule has 1 saturated heterocycles. The van der Waals surface area contributed by atoms with E-state index < -0.39 is 0 Å². The van der Waals surface area contributed by atoms with Gasteiger partial charge in [0.25, 0.3) is 0 Å². The molecule has 1 aliphatic rings. The molecule has 2 aromatic rings. The first-order valence-electron chi connectivity index (χ1n) is 9.18. The highest BCUT2D eigenvalue weighted by molar-refractivity contribution is 5.79. The summed E-state index contributed by atoms with van der Waals surface area (Å²) in [6.07, 6.45) is 3.18. The van der Waals surface area contributed by atoms with Crippen molar-refractivity contribution in [2.45, 2.75) is 33.2 Å². The van der Waals surface area contributed by atoms with Crippen molar-refractivity contribution in [2.24, 2.45) is 5.92 Å². The number of benzene rings is 1. The van der Waals surface area contributed by atoms with Crippen LogP contribution >= 0.6 is 0 Å². The van der Waals surface area contributed by atoms with Gasteiger partial charge in [-0.15, -0.1) is 0 Å². The van der Waals surface area contributed by atoms with Crippen molar-refractivity contribution in [2.75, 3.05) is 24.6 Å². The van der Waals surface area contributed by atoms with Gasteiger partial charge in [0, 0.05) is 31.6 Å². The fourth-order valence-electron chi connectivity index (χ4n) is 3.14. The second kappa shape index (κ2) is 8.65. The zero-order chi connectivity index (χ0) is 18.4. The van der Waals surface area contributed by atoms with Crippen molar-refractivity contribution < 1.29 is 9.53 Å². The molecule has 138 valence electrons. The fraction of sp³-hybridized carbons (Fsp3) is 0.450. The Morgan fingerprint density at radius 2 is 1.96 bits per heavy atom. The van der Waals surface area contributed by atoms with Gasteiger partial charge in [-0.3, -0.25) is 4.79 Å². The van der Waals surface area contributed by atoms with Gasteiger partial charge in [0.05, 0.1) is 6.61 Å². The van der Waals surface area contributed by atoms with Gasteiger partial charge in [-0.2, -0.15) is 0 Å². The summed E-state index contributed by atoms with van der Waals surface area (Å²) in [5, 5.41) is 3.07. The Balaban J connectivity index is 1.49. The number of carbonyl (C=O) groups is 1. The van der Waals surface area contributed by atoms with E-state index in [9.17, 15) is 4.79 Å². The molecular formula is C20H26N4O2. The molecule has 26 heavy (non-hydrogen) atoms. The number of amides is 1. The summed E-state index contributed by atoms with van der Waals surface area (Å²) < 4.78 is 5.44. The number of aryl methyl sites for hydroxylation is 1. The van der Waals surface area contributed by atoms with Crippen LogP contribution < -0.4 is 15.0 Å². The third kappa shape index (κ3) is 4.71. The average molecular weight is 354 g/mol. The Labute approximate surface area is 154 Å². The van der Waals surface area contributed by atoms with Gasteiger partial charge in [-0.05, 0) is 32.3 Å². The maximum Gasteiger partial charge on any atom is 0.223 e. The molecule has 6 heteroatoms. The van der Waals surface area contributed by atoms with E-state index in [-0.39, 0.29) is 11.8 Å². The first-order chi connectivity index (χ1) is 12.7. The van der Waals surface area contributed by atoms with Gasteiger partial charge in [-0.25, -0.2) is 9.97 Å². The predicted octanol–water partition coefficient (Wildman–Crippen LogP) is 2.72. The van der Waals surface area contributed by atoms with Crippen molar-refractivity contribution in [3.63, 3.8) is 0 Å². The van der Waals surface area contributed by atoms with Crippen molar-refractivity contribution in [1.29, 1.82) is 0 Å². The van der Waals surface area contributed by atoms with E-state index in [4.69, 9.17) is 4.74 Å². The number of rotatable bonds is 6. The lowest BCUT2D eigenvalue weighted by Gasteiger charge is -2.32. The maximum absolute atomic E-state index is 12.4. The van der Waals surface area contributed by atoms with E-state index >= 15 is 0 Å². The number of hydrogen-bond acceptors (Lipinski definition) is 5. The van der Waals surface area contributed by atoms with Crippen LogP contribution in [-0.4, -0.2) is 35.6 Å². The second-order valence-electron chi connectivity index (χ2n) is 6.61. The Morgan fingerprint density at radius 3 is 2.65 bits per heavy atom. The zero-order valence-corrected chi connectivity index (χ0v) is 15.4. The smallest absolute Gasteiger partial charge is 0.223 e. The minimum Gasteiger partial charge on any atom is -0.478 e. The Hall–Kier alpha value is -2.63. The molecule has 0 bridgehead atoms. The molecule has 1 fully saturated rings. The summed E-state index contributed by atoms with van der Waals surface area (Å²) in [5.41, 5.74) is 2.36. The fourth-order valence-corrected chi connectivity index (χ4v) is 3.14. The van der Waals surface area contributed by atoms with Crippen molar-refractivity contribution in [1.82, 2.24) is 15.3 Å². The summed E-state index contributed by atoms with van der Waals surface area (Å²) in [6.45, 7) is 6.78. The van der Waals surface area contributed by atoms with Crippen molar-refractivity contribution >= 4 is 11.7 Å². The first-order valence-corrected chi connectivity index (χ1v) is 9.18. The molecule has 0 radical (unpaired) electrons. The highest BCUT2D eigenvalue weighted by Gasteiger charge is 2.25. The molecule has 1 aromatic carbocycles. The highest BCUT2D eigenvalue weighted by Crippen LogP contribution is 2.23. The summed E-state index contributed by atoms with van der Waals surface area (Å²) in [6, 6.07) is 10.1. The Kier molecular flexibility index (Phi) is 6.04. The largest absolute Gasteiger partial charge is 0.478 e. The van der Waals surface area contributed by atoms with Crippen LogP contribution in [0.25, 0.3) is 0 Å². The lowest BCUT2D eigenvalue weighted by molar-refractivity contribution is -0.125. The van der Waals surface area contributed by atoms with E-state index in [1.807, 2.05) is 13.0 Å². The van der Waals surface area contributed by atoms with Crippen LogP contribution in [-0.2, 0) is 11.3 Å². The molecule has 0 atom stereocenters. The number of piperidine rings is 1. The van der Waals surface area contributed by atoms with Gasteiger partial charge in [0.2, 0.25) is 11.8 Å². The molecule has 0 aliphatic carbocycles. The summed E-state index contributed by atoms with van der Waals surface area (Å²) in [5.74, 6) is 1.66. The number of ether oxygens (including phenoxy) is 1. The second-order valence-corrected chi connectivity index (χ2v) is 6.61. The standard InChI is InChI=1S/C20H26N4O2/c1-3-26-19-12-18(22-14-23-19)24-10-8-17(9-11-24)20(25)21-13-16-6-4-15(2)5-7-16/h4-7,12,14,17H,3,8-11,13H2,1-2H3,(H,21,25). The third-order valence-corrected chi connectivity index (χ3v) is 4.70. The number of hydrogen-bond donors (Lipinski definition) is 1. The highest BCUT2D eigenvalue weighted by atomic mass is 16.5. The summed E-state index contributed by atoms with van der Waals surface area (Å²) in [4.78, 5) is 23.1. The first kappa shape index (κ1) is 18.2. The molecule has 1 aliphatic heterocycles. The Bertz CT molecular complexity index is 725. The lowest BCUT2D eigenvalue weighted by Crippen LogP contribution is -2.40. The van der Waals surface area contributed by atoms with Crippen LogP contribution in [0.15, 0.2) is 36.7 Å². The molecular weight excluding hydrogens is 328 g/mol. The van der Waals surface area contributed by atoms with E-state index in [2.05, 4.69) is 51.4 Å². The molecule has 1 amide bonds. The van der Waals surface area contributed by atoms with Crippen molar-refractivity contribution in [3.8, 4) is 5.88 Å². The van der Waals surface area contributed by atoms with Gasteiger partial charge in [-0.1, -0.05) is 29.8 Å². The minimum atomic E-state index is 0.0601. The van der Waals surface area contributed by atoms with E-state index in [1.165, 1.54) is 11.9 Å². The van der Waals surface area contributed by atoms with E-state index in [0.717, 1.165) is 37.3 Å². The SMILES string of the molecule is CCOc1cc(N2CCC(C(=O)NCc3ccc(C)cc3)CC2)ncn1. The van der Waals surface area contributed by atoms with Gasteiger partial charge in [0.15, 0.2) is 0 Å². The number of anilines is 1. The predicted molar refractivity (Wildman–Crippen MR) is 101 cm³/mol. The quantitative estimate of drug-likeness (QED) is 0.864. The average Bonchev–Trinajstić information content (AvgIpc) is 2.68. The number of aromatic nitrogens is 2. The zero-order valence-electron chi connectivity index (χ0n) is 15.4. The molecule has 1 N–H and O–H groups in total. The number of nitrogens with one attached hydrogen (secondary N) is 1. The molecule has 2 heterocycles. The maximum atomic E-state index is 12.4. The van der Waals surface area contributed by atoms with Crippen LogP contribution in [0.1, 0.15) is 30.9 Å². The van der Waals surface area contributed by atoms with Crippen LogP contribution in [0.5, 0.6) is 5.88 Å². The van der Waals surface area contributed by atoms with Gasteiger partial charge in [0.1, 0.15) is 12.1 Å². The van der Waals surface area contributed by atoms with Gasteiger partial charge < -0.3 is 15.0 Å². The van der Waals surface area contributed by atoms with Crippen molar-refractivity contribution in [3.05, 3.63) is 47.8 Å². The van der Waals surface area contributed by atoms with Crippen LogP contribution in [0, 0.1) is 12.8 Å². The minimum absolute atomic E-state index is 0.0601. The molecule has 6 nitrogen and oxygen atoms in total. The lowest BCUT2D eigenvalue weighted by atomic mass is 9.96. The molecule has 1 aromatic heterocycles. The van der Waals surface area contributed by atoms with Crippen LogP contribution in [0.3, 0.4) is 0 Å². The van der Waals surface area contributed by atoms with Gasteiger partial charge >= 0.3 is 0 Å². The number of nitrogens with zero attached hydrogens (tertiary/aromatic N) is 3. The monoisotopic (exact) mass is 354 g/mol. The number of carbonyl (C=O) groups excluding carboxylic acids is 1. The van der Waals surface area contributed by atoms with E-state index in [0.29, 0.717) is 19.0 Å². The van der Waals surface area contributed by atoms with E-state index in [1.54, 1.807) is 0 Å². The normalized spacial score (nSPS) is 14.9. The molecule has 3 rings (SSSR count). The molecule has 0 saturated carbocycles. The molecule has 0 spiro atoms. The molecule has 0 unspecified atom stereocenters.